The first-order chi connectivity index (χ1) is 13.3. The van der Waals surface area contributed by atoms with Crippen LogP contribution >= 0.6 is 0 Å². The molecule has 0 spiro atoms. The highest BCUT2D eigenvalue weighted by Gasteiger charge is 2.30. The second-order valence-corrected chi connectivity index (χ2v) is 4.38. The summed E-state index contributed by atoms with van der Waals surface area (Å²) in [5.41, 5.74) is 3.72. The quantitative estimate of drug-likeness (QED) is 0.628. The average Bonchev–Trinajstić information content (AvgIpc) is 2.62. The van der Waals surface area contributed by atoms with Crippen molar-refractivity contribution in [1.29, 1.82) is 0 Å². The fourth-order valence-electron chi connectivity index (χ4n) is 2.08. The molecule has 1 saturated carbocycles. The first-order valence-electron chi connectivity index (χ1n) is 10.2. The van der Waals surface area contributed by atoms with Gasteiger partial charge in [-0.2, -0.15) is 0 Å². The number of hydrogen-bond donors (Lipinski definition) is 1. The molecule has 6 nitrogen and oxygen atoms in total. The highest BCUT2D eigenvalue weighted by atomic mass is 16.2. The van der Waals surface area contributed by atoms with Gasteiger partial charge in [0, 0.05) is 18.9 Å². The molecule has 1 heterocycles. The van der Waals surface area contributed by atoms with Gasteiger partial charge in [-0.3, -0.25) is 19.0 Å². The molecule has 108 valence electrons. The molecule has 1 fully saturated rings. The summed E-state index contributed by atoms with van der Waals surface area (Å²) in [6.07, 6.45) is -6.41. The van der Waals surface area contributed by atoms with Crippen molar-refractivity contribution in [2.75, 3.05) is 5.73 Å². The van der Waals surface area contributed by atoms with Crippen molar-refractivity contribution in [3.05, 3.63) is 34.3 Å². The molecule has 0 saturated heterocycles. The second-order valence-electron chi connectivity index (χ2n) is 4.38. The van der Waals surface area contributed by atoms with Gasteiger partial charge in [-0.05, 0) is 25.4 Å². The number of carbonyl (C=O) groups excluding carboxylic acids is 2. The number of nitrogen functional groups attached to an aromatic ring is 1. The van der Waals surface area contributed by atoms with Crippen molar-refractivity contribution < 1.29 is 20.6 Å². The third-order valence-corrected chi connectivity index (χ3v) is 3.03. The number of aromatic nitrogens is 2. The Hall–Kier alpha value is -2.50. The molecule has 2 atom stereocenters. The van der Waals surface area contributed by atoms with E-state index in [0.29, 0.717) is 0 Å². The van der Waals surface area contributed by atoms with Crippen molar-refractivity contribution >= 4 is 28.2 Å². The Balaban J connectivity index is 2.52. The van der Waals surface area contributed by atoms with Crippen molar-refractivity contribution in [3.63, 3.8) is 0 Å². The lowest BCUT2D eigenvalue weighted by Crippen LogP contribution is -2.36. The van der Waals surface area contributed by atoms with Gasteiger partial charge in [0.25, 0.3) is 5.56 Å². The van der Waals surface area contributed by atoms with E-state index in [2.05, 4.69) is 4.98 Å². The molecule has 6 heteroatoms. The van der Waals surface area contributed by atoms with E-state index in [1.54, 1.807) is 0 Å². The summed E-state index contributed by atoms with van der Waals surface area (Å²) in [4.78, 5) is 41.5. The monoisotopic (exact) mass is 293 g/mol. The Labute approximate surface area is 131 Å². The Kier molecular flexibility index (Phi) is 1.59. The van der Waals surface area contributed by atoms with E-state index < -0.39 is 78.2 Å². The van der Waals surface area contributed by atoms with Gasteiger partial charge >= 0.3 is 0 Å². The minimum atomic E-state index is -3.00. The molecule has 0 radical (unpaired) electrons. The first kappa shape index (κ1) is 6.98. The first-order valence-corrected chi connectivity index (χ1v) is 5.92. The number of anilines is 1. The predicted octanol–water partition coefficient (Wildman–Crippen LogP) is 1.15. The molecule has 2 unspecified atom stereocenters. The van der Waals surface area contributed by atoms with Crippen LogP contribution in [0.3, 0.4) is 0 Å². The molecule has 1 aromatic heterocycles. The van der Waals surface area contributed by atoms with Crippen LogP contribution in [0, 0.1) is 6.88 Å². The number of hydrogen-bond acceptors (Lipinski definition) is 5. The Morgan fingerprint density at radius 2 is 2.33 bits per heavy atom. The smallest absolute Gasteiger partial charge is 0.264 e. The Morgan fingerprint density at radius 1 is 1.52 bits per heavy atom. The normalized spacial score (nSPS) is 34.2. The summed E-state index contributed by atoms with van der Waals surface area (Å²) >= 11 is 0. The van der Waals surface area contributed by atoms with E-state index in [1.807, 2.05) is 0 Å². The van der Waals surface area contributed by atoms with Crippen LogP contribution < -0.4 is 11.3 Å². The van der Waals surface area contributed by atoms with Crippen molar-refractivity contribution in [2.45, 2.75) is 32.1 Å². The topological polar surface area (TPSA) is 95.0 Å². The molecule has 21 heavy (non-hydrogen) atoms. The maximum absolute atomic E-state index is 13.2. The molecule has 2 N–H and O–H groups in total. The highest BCUT2D eigenvalue weighted by molar-refractivity contribution is 6.03. The van der Waals surface area contributed by atoms with Crippen LogP contribution in [-0.4, -0.2) is 21.1 Å². The number of Topliss-reactive ketones (excluding diaryl/α,β-unsaturated/α-hetero) is 2. The maximum atomic E-state index is 13.2. The van der Waals surface area contributed by atoms with Crippen LogP contribution in [0.2, 0.25) is 0 Å². The van der Waals surface area contributed by atoms with Gasteiger partial charge in [-0.25, -0.2) is 4.98 Å². The molecule has 2 aromatic rings. The van der Waals surface area contributed by atoms with Gasteiger partial charge in [-0.15, -0.1) is 0 Å². The standard InChI is InChI=1S/C15H15N3O3/c1-8-17-11-4-2-3-10(16)14(11)15(21)18(8)12-6-5-9(19)7-13(12)20/h2-4,12H,5-7,16H2,1H3/i1D2,3D,4D,5D2,6D,12D. The molecule has 1 aromatic carbocycles. The summed E-state index contributed by atoms with van der Waals surface area (Å²) in [5.74, 6) is -3.27. The maximum Gasteiger partial charge on any atom is 0.264 e. The number of carbonyl (C=O) groups is 2. The minimum Gasteiger partial charge on any atom is -0.398 e. The molecular formula is C15H15N3O3. The zero-order valence-corrected chi connectivity index (χ0v) is 10.6. The third kappa shape index (κ3) is 2.12. The van der Waals surface area contributed by atoms with Gasteiger partial charge in [0.15, 0.2) is 5.78 Å². The number of rotatable bonds is 1. The minimum absolute atomic E-state index is 0.236. The van der Waals surface area contributed by atoms with Crippen LogP contribution in [0.1, 0.15) is 42.0 Å². The lowest BCUT2D eigenvalue weighted by molar-refractivity contribution is -0.132. The van der Waals surface area contributed by atoms with Crippen LogP contribution in [0.15, 0.2) is 22.9 Å². The summed E-state index contributed by atoms with van der Waals surface area (Å²) in [6, 6.07) is -2.82. The molecule has 0 amide bonds. The summed E-state index contributed by atoms with van der Waals surface area (Å²) in [6.45, 7) is -2.05. The molecule has 3 rings (SSSR count). The van der Waals surface area contributed by atoms with E-state index in [9.17, 15) is 14.4 Å². The largest absolute Gasteiger partial charge is 0.398 e. The Bertz CT molecular complexity index is 1130. The summed E-state index contributed by atoms with van der Waals surface area (Å²) < 4.78 is 63.5. The number of nitrogens with zero attached hydrogens (tertiary/aromatic N) is 2. The molecule has 1 aliphatic carbocycles. The zero-order chi connectivity index (χ0) is 22.0. The molecule has 0 aliphatic heterocycles. The van der Waals surface area contributed by atoms with E-state index in [-0.39, 0.29) is 10.1 Å². The number of ketones is 2. The van der Waals surface area contributed by atoms with Crippen LogP contribution in [0.4, 0.5) is 5.69 Å². The van der Waals surface area contributed by atoms with E-state index in [0.717, 1.165) is 6.07 Å². The number of aryl methyl sites for hydroxylation is 1. The summed E-state index contributed by atoms with van der Waals surface area (Å²) in [5, 5.41) is -0.518. The van der Waals surface area contributed by atoms with E-state index in [4.69, 9.17) is 16.7 Å². The van der Waals surface area contributed by atoms with Crippen LogP contribution in [0.25, 0.3) is 10.9 Å². The van der Waals surface area contributed by atoms with Gasteiger partial charge in [0.2, 0.25) is 0 Å². The van der Waals surface area contributed by atoms with Crippen molar-refractivity contribution in [3.8, 4) is 0 Å². The fraction of sp³-hybridized carbons (Fsp3) is 0.333. The number of benzene rings is 1. The summed E-state index contributed by atoms with van der Waals surface area (Å²) in [7, 11) is 0. The second kappa shape index (κ2) is 4.80. The van der Waals surface area contributed by atoms with Gasteiger partial charge in [0.05, 0.1) is 27.5 Å². The Morgan fingerprint density at radius 3 is 3.10 bits per heavy atom. The highest BCUT2D eigenvalue weighted by Crippen LogP contribution is 2.24. The lowest BCUT2D eigenvalue weighted by Gasteiger charge is -2.24. The average molecular weight is 293 g/mol. The van der Waals surface area contributed by atoms with Crippen LogP contribution in [0.5, 0.6) is 0 Å². The fourth-order valence-corrected chi connectivity index (χ4v) is 2.08. The molecule has 0 bridgehead atoms. The number of nitrogens with two attached hydrogens (primary N) is 1. The lowest BCUT2D eigenvalue weighted by atomic mass is 9.92. The van der Waals surface area contributed by atoms with E-state index in [1.165, 1.54) is 0 Å². The van der Waals surface area contributed by atoms with Gasteiger partial charge in [-0.1, -0.05) is 6.07 Å². The predicted molar refractivity (Wildman–Crippen MR) is 78.1 cm³/mol. The van der Waals surface area contributed by atoms with Crippen LogP contribution in [-0.2, 0) is 9.59 Å². The van der Waals surface area contributed by atoms with Gasteiger partial charge < -0.3 is 5.73 Å². The van der Waals surface area contributed by atoms with E-state index >= 15 is 0 Å². The van der Waals surface area contributed by atoms with Gasteiger partial charge in [0.1, 0.15) is 11.6 Å². The van der Waals surface area contributed by atoms with Crippen molar-refractivity contribution in [2.24, 2.45) is 0 Å². The molecule has 1 aliphatic rings. The zero-order valence-electron chi connectivity index (χ0n) is 18.6. The van der Waals surface area contributed by atoms with Crippen molar-refractivity contribution in [1.82, 2.24) is 9.55 Å². The number of fused-ring (bicyclic) bond motifs is 1. The third-order valence-electron chi connectivity index (χ3n) is 3.03. The molecular weight excluding hydrogens is 270 g/mol. The SMILES string of the molecule is [2H]c1cc([2H])c2nc(C([2H])[2H])n(C3([2H])C(=O)CC(=O)C([2H])([2H])C3[2H])c(=O)c2c1N.